The fourth-order valence-electron chi connectivity index (χ4n) is 2.44. The summed E-state index contributed by atoms with van der Waals surface area (Å²) in [5.41, 5.74) is 0.917. The summed E-state index contributed by atoms with van der Waals surface area (Å²) in [4.78, 5) is 23.5. The van der Waals surface area contributed by atoms with Crippen LogP contribution in [0.3, 0.4) is 0 Å². The summed E-state index contributed by atoms with van der Waals surface area (Å²) in [5, 5.41) is 3.60. The molecule has 2 rings (SSSR count). The number of esters is 1. The summed E-state index contributed by atoms with van der Waals surface area (Å²) in [6, 6.07) is 5.28. The fourth-order valence-corrected chi connectivity index (χ4v) is 2.60. The molecule has 1 aromatic rings. The quantitative estimate of drug-likeness (QED) is 0.865. The van der Waals surface area contributed by atoms with E-state index in [0.29, 0.717) is 17.4 Å². The van der Waals surface area contributed by atoms with Gasteiger partial charge in [0.25, 0.3) is 0 Å². The largest absolute Gasteiger partial charge is 0.493 e. The van der Waals surface area contributed by atoms with Crippen LogP contribution in [0.5, 0.6) is 5.75 Å². The van der Waals surface area contributed by atoms with Crippen LogP contribution in [0.15, 0.2) is 18.2 Å². The van der Waals surface area contributed by atoms with Crippen molar-refractivity contribution >= 4 is 23.5 Å². The molecular weight excluding hydrogens is 306 g/mol. The van der Waals surface area contributed by atoms with Gasteiger partial charge >= 0.3 is 5.97 Å². The number of carbonyl (C=O) groups excluding carboxylic acids is 2. The van der Waals surface area contributed by atoms with E-state index in [4.69, 9.17) is 16.3 Å². The van der Waals surface area contributed by atoms with Gasteiger partial charge in [-0.15, -0.1) is 0 Å². The van der Waals surface area contributed by atoms with Crippen LogP contribution < -0.4 is 10.1 Å². The van der Waals surface area contributed by atoms with Gasteiger partial charge in [-0.05, 0) is 25.0 Å². The molecule has 0 radical (unpaired) electrons. The number of nitrogens with one attached hydrogen (secondary N) is 1. The predicted molar refractivity (Wildman–Crippen MR) is 82.9 cm³/mol. The van der Waals surface area contributed by atoms with E-state index in [2.05, 4.69) is 10.1 Å². The molecule has 0 unspecified atom stereocenters. The van der Waals surface area contributed by atoms with Crippen LogP contribution in [0.25, 0.3) is 0 Å². The van der Waals surface area contributed by atoms with Gasteiger partial charge in [-0.2, -0.15) is 0 Å². The average molecular weight is 326 g/mol. The number of fused-ring (bicyclic) bond motifs is 1. The maximum absolute atomic E-state index is 12.3. The number of rotatable bonds is 4. The van der Waals surface area contributed by atoms with E-state index >= 15 is 0 Å². The van der Waals surface area contributed by atoms with E-state index < -0.39 is 5.92 Å². The third-order valence-electron chi connectivity index (χ3n) is 3.71. The average Bonchev–Trinajstić information content (AvgIpc) is 2.68. The molecule has 0 saturated carbocycles. The van der Waals surface area contributed by atoms with Crippen molar-refractivity contribution in [3.63, 3.8) is 0 Å². The number of hydrogen-bond donors (Lipinski definition) is 1. The van der Waals surface area contributed by atoms with Gasteiger partial charge in [0.05, 0.1) is 26.2 Å². The van der Waals surface area contributed by atoms with Crippen LogP contribution in [0, 0.1) is 5.92 Å². The summed E-state index contributed by atoms with van der Waals surface area (Å²) in [6.45, 7) is 2.31. The van der Waals surface area contributed by atoms with E-state index in [1.165, 1.54) is 7.11 Å². The number of methoxy groups -OCH3 is 1. The summed E-state index contributed by atoms with van der Waals surface area (Å²) in [6.07, 6.45) is 1.69. The van der Waals surface area contributed by atoms with Gasteiger partial charge in [0.15, 0.2) is 0 Å². The van der Waals surface area contributed by atoms with Crippen LogP contribution in [-0.4, -0.2) is 25.6 Å². The van der Waals surface area contributed by atoms with Crippen molar-refractivity contribution in [2.75, 3.05) is 13.7 Å². The Morgan fingerprint density at radius 3 is 3.00 bits per heavy atom. The van der Waals surface area contributed by atoms with E-state index in [1.54, 1.807) is 19.1 Å². The lowest BCUT2D eigenvalue weighted by Gasteiger charge is -2.20. The Labute approximate surface area is 134 Å². The molecule has 1 aliphatic heterocycles. The minimum absolute atomic E-state index is 0.0685. The molecule has 1 amide bonds. The van der Waals surface area contributed by atoms with Crippen LogP contribution in [-0.2, 0) is 14.3 Å². The Morgan fingerprint density at radius 2 is 2.27 bits per heavy atom. The van der Waals surface area contributed by atoms with Gasteiger partial charge in [-0.25, -0.2) is 0 Å². The SMILES string of the molecule is COC(=O)C[C@@H](C)C(=O)N[C@H]1CCCOc2cc(Cl)ccc21. The first-order valence-electron chi connectivity index (χ1n) is 7.30. The molecule has 22 heavy (non-hydrogen) atoms. The maximum Gasteiger partial charge on any atom is 0.306 e. The van der Waals surface area contributed by atoms with Gasteiger partial charge in [0, 0.05) is 16.5 Å². The predicted octanol–water partition coefficient (Wildman–Crippen LogP) is 2.87. The molecule has 1 N–H and O–H groups in total. The van der Waals surface area contributed by atoms with Crippen molar-refractivity contribution < 1.29 is 19.1 Å². The normalized spacial score (nSPS) is 18.4. The molecule has 120 valence electrons. The summed E-state index contributed by atoms with van der Waals surface area (Å²) < 4.78 is 10.3. The van der Waals surface area contributed by atoms with Crippen molar-refractivity contribution in [2.24, 2.45) is 5.92 Å². The smallest absolute Gasteiger partial charge is 0.306 e. The topological polar surface area (TPSA) is 64.6 Å². The zero-order valence-corrected chi connectivity index (χ0v) is 13.5. The fraction of sp³-hybridized carbons (Fsp3) is 0.500. The third-order valence-corrected chi connectivity index (χ3v) is 3.95. The number of halogens is 1. The zero-order chi connectivity index (χ0) is 16.1. The van der Waals surface area contributed by atoms with Crippen molar-refractivity contribution in [1.29, 1.82) is 0 Å². The molecule has 6 heteroatoms. The van der Waals surface area contributed by atoms with Crippen molar-refractivity contribution in [2.45, 2.75) is 32.2 Å². The van der Waals surface area contributed by atoms with Crippen molar-refractivity contribution in [3.05, 3.63) is 28.8 Å². The van der Waals surface area contributed by atoms with Gasteiger partial charge in [-0.1, -0.05) is 24.6 Å². The van der Waals surface area contributed by atoms with E-state index in [9.17, 15) is 9.59 Å². The number of ether oxygens (including phenoxy) is 2. The Morgan fingerprint density at radius 1 is 1.50 bits per heavy atom. The second-order valence-corrected chi connectivity index (χ2v) is 5.85. The third kappa shape index (κ3) is 4.13. The Bertz CT molecular complexity index is 561. The van der Waals surface area contributed by atoms with E-state index in [-0.39, 0.29) is 24.3 Å². The molecule has 0 saturated heterocycles. The Kier molecular flexibility index (Phi) is 5.66. The number of amides is 1. The summed E-state index contributed by atoms with van der Waals surface area (Å²) in [7, 11) is 1.32. The molecule has 1 aromatic carbocycles. The molecule has 2 atom stereocenters. The number of benzene rings is 1. The Balaban J connectivity index is 2.09. The van der Waals surface area contributed by atoms with Crippen molar-refractivity contribution in [1.82, 2.24) is 5.32 Å². The monoisotopic (exact) mass is 325 g/mol. The first-order chi connectivity index (χ1) is 10.5. The molecular formula is C16H20ClNO4. The lowest BCUT2D eigenvalue weighted by molar-refractivity contribution is -0.144. The number of hydrogen-bond acceptors (Lipinski definition) is 4. The highest BCUT2D eigenvalue weighted by molar-refractivity contribution is 6.30. The zero-order valence-electron chi connectivity index (χ0n) is 12.7. The minimum atomic E-state index is -0.438. The van der Waals surface area contributed by atoms with Gasteiger partial charge in [-0.3, -0.25) is 9.59 Å². The highest BCUT2D eigenvalue weighted by Gasteiger charge is 2.25. The summed E-state index contributed by atoms with van der Waals surface area (Å²) >= 11 is 5.99. The second-order valence-electron chi connectivity index (χ2n) is 5.42. The van der Waals surface area contributed by atoms with Gasteiger partial charge in [0.2, 0.25) is 5.91 Å². The maximum atomic E-state index is 12.3. The Hall–Kier alpha value is -1.75. The lowest BCUT2D eigenvalue weighted by Crippen LogP contribution is -2.33. The molecule has 0 spiro atoms. The highest BCUT2D eigenvalue weighted by Crippen LogP contribution is 2.33. The molecule has 0 aliphatic carbocycles. The van der Waals surface area contributed by atoms with Crippen LogP contribution in [0.4, 0.5) is 0 Å². The molecule has 0 bridgehead atoms. The standard InChI is InChI=1S/C16H20ClNO4/c1-10(8-15(19)21-2)16(20)18-13-4-3-7-22-14-9-11(17)5-6-12(13)14/h5-6,9-10,13H,3-4,7-8H2,1-2H3,(H,18,20)/t10-,13+/m1/s1. The van der Waals surface area contributed by atoms with E-state index in [1.807, 2.05) is 6.07 Å². The molecule has 1 heterocycles. The van der Waals surface area contributed by atoms with Crippen LogP contribution in [0.1, 0.15) is 37.8 Å². The van der Waals surface area contributed by atoms with Crippen LogP contribution in [0.2, 0.25) is 5.02 Å². The first-order valence-corrected chi connectivity index (χ1v) is 7.68. The van der Waals surface area contributed by atoms with E-state index in [0.717, 1.165) is 18.4 Å². The van der Waals surface area contributed by atoms with Gasteiger partial charge < -0.3 is 14.8 Å². The lowest BCUT2D eigenvalue weighted by atomic mass is 10.00. The van der Waals surface area contributed by atoms with Gasteiger partial charge in [0.1, 0.15) is 5.75 Å². The molecule has 5 nitrogen and oxygen atoms in total. The molecule has 1 aliphatic rings. The second kappa shape index (κ2) is 7.49. The van der Waals surface area contributed by atoms with Crippen LogP contribution >= 0.6 is 11.6 Å². The number of carbonyl (C=O) groups is 2. The highest BCUT2D eigenvalue weighted by atomic mass is 35.5. The first kappa shape index (κ1) is 16.6. The minimum Gasteiger partial charge on any atom is -0.493 e. The molecule has 0 aromatic heterocycles. The molecule has 0 fully saturated rings. The summed E-state index contributed by atoms with van der Waals surface area (Å²) in [5.74, 6) is -0.291. The van der Waals surface area contributed by atoms with Crippen molar-refractivity contribution in [3.8, 4) is 5.75 Å².